The quantitative estimate of drug-likeness (QED) is 0.0269. The molecule has 2 saturated heterocycles. The van der Waals surface area contributed by atoms with Crippen molar-refractivity contribution in [2.45, 2.75) is 113 Å². The summed E-state index contributed by atoms with van der Waals surface area (Å²) in [4.78, 5) is 127. The number of hydrogen-bond donors (Lipinski definition) is 14. The number of amides is 8. The van der Waals surface area contributed by atoms with Gasteiger partial charge in [-0.3, -0.25) is 43.2 Å². The summed E-state index contributed by atoms with van der Waals surface area (Å²) in [5, 5.41) is 73.7. The lowest BCUT2D eigenvalue weighted by Crippen LogP contribution is -2.62. The maximum atomic E-state index is 14.0. The molecule has 27 nitrogen and oxygen atoms in total. The highest BCUT2D eigenvalue weighted by molar-refractivity contribution is 7.99. The minimum absolute atomic E-state index is 0.0346. The molecule has 2 aliphatic heterocycles. The molecule has 2 rings (SSSR count). The van der Waals surface area contributed by atoms with Crippen molar-refractivity contribution in [2.24, 2.45) is 11.5 Å². The number of ether oxygens (including phenoxy) is 2. The minimum Gasteiger partial charge on any atom is -0.481 e. The standard InChI is InChI=1S/C35H57N9O18S2/c1-15(46)38-13-63-11-17(36)29(54)40-18(5-6-25(49)50)30(55)42-20(10-61-35-28(53)27(52)26(51)23(9-45)62-35)31(56)41-19(8-24(37)48)33(58)44-7-3-4-22(44)32(57)43-21(34(59)60)12-64-14-39-16(2)47/h17-23,26-28,35,45,51-53H,3-14,36H2,1-2H3,(H2,37,48)(H,38,46)(H,39,47)(H,40,54)(H,41,56)(H,42,55)(H,43,57)(H,49,50)(H,59,60)/t17-,18-,19-,20-,21-,22-,23+,26+,27-,28+,35+/m0/s1. The lowest BCUT2D eigenvalue weighted by Gasteiger charge is -2.40. The maximum Gasteiger partial charge on any atom is 0.327 e. The molecule has 0 aromatic carbocycles. The van der Waals surface area contributed by atoms with Crippen LogP contribution in [0.2, 0.25) is 0 Å². The Balaban J connectivity index is 2.40. The topological polar surface area (TPSA) is 438 Å². The molecule has 0 aromatic heterocycles. The fraction of sp³-hybridized carbons (Fsp3) is 0.714. The third-order valence-electron chi connectivity index (χ3n) is 9.43. The fourth-order valence-corrected chi connectivity index (χ4v) is 7.74. The molecule has 8 amide bonds. The normalized spacial score (nSPS) is 23.0. The average Bonchev–Trinajstić information content (AvgIpc) is 3.72. The second-order valence-electron chi connectivity index (χ2n) is 14.5. The first-order chi connectivity index (χ1) is 30.1. The van der Waals surface area contributed by atoms with E-state index in [1.165, 1.54) is 13.8 Å². The molecule has 0 unspecified atom stereocenters. The summed E-state index contributed by atoms with van der Waals surface area (Å²) in [5.74, 6) is -10.1. The van der Waals surface area contributed by atoms with E-state index in [9.17, 15) is 78.6 Å². The molecule has 0 spiro atoms. The summed E-state index contributed by atoms with van der Waals surface area (Å²) in [6, 6.07) is -9.54. The molecule has 0 aliphatic carbocycles. The van der Waals surface area contributed by atoms with Crippen LogP contribution in [0.1, 0.15) is 46.0 Å². The highest BCUT2D eigenvalue weighted by Crippen LogP contribution is 2.23. The highest BCUT2D eigenvalue weighted by atomic mass is 32.2. The molecule has 0 saturated carbocycles. The number of aliphatic hydroxyl groups excluding tert-OH is 4. The molecule has 16 N–H and O–H groups in total. The van der Waals surface area contributed by atoms with E-state index in [0.717, 1.165) is 28.4 Å². The van der Waals surface area contributed by atoms with Gasteiger partial charge in [-0.1, -0.05) is 0 Å². The third kappa shape index (κ3) is 18.3. The van der Waals surface area contributed by atoms with Gasteiger partial charge in [-0.2, -0.15) is 0 Å². The highest BCUT2D eigenvalue weighted by Gasteiger charge is 2.45. The van der Waals surface area contributed by atoms with E-state index in [1.54, 1.807) is 0 Å². The van der Waals surface area contributed by atoms with Crippen LogP contribution in [0.25, 0.3) is 0 Å². The van der Waals surface area contributed by atoms with Crippen molar-refractivity contribution < 1.29 is 88.1 Å². The number of nitrogens with two attached hydrogens (primary N) is 2. The number of hydrogen-bond acceptors (Lipinski definition) is 19. The van der Waals surface area contributed by atoms with Crippen LogP contribution in [-0.2, 0) is 57.4 Å². The number of carbonyl (C=O) groups excluding carboxylic acids is 8. The molecule has 2 fully saturated rings. The van der Waals surface area contributed by atoms with Crippen LogP contribution < -0.4 is 43.4 Å². The second-order valence-corrected chi connectivity index (χ2v) is 16.6. The molecule has 2 aliphatic rings. The van der Waals surface area contributed by atoms with Gasteiger partial charge in [-0.25, -0.2) is 4.79 Å². The van der Waals surface area contributed by atoms with Crippen LogP contribution >= 0.6 is 23.5 Å². The monoisotopic (exact) mass is 955 g/mol. The maximum absolute atomic E-state index is 14.0. The summed E-state index contributed by atoms with van der Waals surface area (Å²) in [5.41, 5.74) is 11.4. The number of primary amides is 1. The molecular formula is C35H57N9O18S2. The van der Waals surface area contributed by atoms with Crippen molar-refractivity contribution >= 4 is 82.7 Å². The van der Waals surface area contributed by atoms with Gasteiger partial charge in [0.1, 0.15) is 54.6 Å². The second kappa shape index (κ2) is 27.4. The number of carbonyl (C=O) groups is 10. The zero-order valence-corrected chi connectivity index (χ0v) is 36.5. The number of thioether (sulfide) groups is 2. The van der Waals surface area contributed by atoms with Gasteiger partial charge >= 0.3 is 11.9 Å². The minimum atomic E-state index is -2.00. The van der Waals surface area contributed by atoms with Crippen LogP contribution in [0.4, 0.5) is 0 Å². The predicted octanol–water partition coefficient (Wildman–Crippen LogP) is -7.46. The number of carboxylic acids is 2. The van der Waals surface area contributed by atoms with Crippen LogP contribution in [0.3, 0.4) is 0 Å². The van der Waals surface area contributed by atoms with Gasteiger partial charge in [0.15, 0.2) is 6.29 Å². The Morgan fingerprint density at radius 3 is 1.92 bits per heavy atom. The lowest BCUT2D eigenvalue weighted by molar-refractivity contribution is -0.301. The van der Waals surface area contributed by atoms with Crippen LogP contribution in [-0.4, -0.2) is 205 Å². The van der Waals surface area contributed by atoms with Crippen molar-refractivity contribution in [3.63, 3.8) is 0 Å². The van der Waals surface area contributed by atoms with E-state index >= 15 is 0 Å². The van der Waals surface area contributed by atoms with E-state index < -0.39 is 147 Å². The van der Waals surface area contributed by atoms with Crippen molar-refractivity contribution in [3.8, 4) is 0 Å². The van der Waals surface area contributed by atoms with Crippen LogP contribution in [0, 0.1) is 0 Å². The number of aliphatic carboxylic acids is 2. The molecular weight excluding hydrogens is 899 g/mol. The van der Waals surface area contributed by atoms with Gasteiger partial charge in [0.25, 0.3) is 0 Å². The number of aliphatic hydroxyl groups is 4. The first-order valence-electron chi connectivity index (χ1n) is 19.6. The van der Waals surface area contributed by atoms with E-state index in [0.29, 0.717) is 0 Å². The van der Waals surface area contributed by atoms with Gasteiger partial charge in [-0.15, -0.1) is 23.5 Å². The zero-order chi connectivity index (χ0) is 48.3. The Morgan fingerprint density at radius 1 is 0.781 bits per heavy atom. The molecule has 11 atom stereocenters. The van der Waals surface area contributed by atoms with Crippen molar-refractivity contribution in [3.05, 3.63) is 0 Å². The van der Waals surface area contributed by atoms with E-state index in [1.807, 2.05) is 0 Å². The molecule has 64 heavy (non-hydrogen) atoms. The van der Waals surface area contributed by atoms with Crippen LogP contribution in [0.5, 0.6) is 0 Å². The van der Waals surface area contributed by atoms with E-state index in [2.05, 4.69) is 31.9 Å². The number of carboxylic acid groups (broad SMARTS) is 2. The third-order valence-corrected chi connectivity index (χ3v) is 11.3. The smallest absolute Gasteiger partial charge is 0.327 e. The Hall–Kier alpha value is -4.88. The zero-order valence-electron chi connectivity index (χ0n) is 34.8. The first-order valence-corrected chi connectivity index (χ1v) is 22.0. The van der Waals surface area contributed by atoms with Gasteiger partial charge < -0.3 is 88.4 Å². The number of nitrogens with one attached hydrogen (secondary N) is 6. The van der Waals surface area contributed by atoms with Crippen molar-refractivity contribution in [1.82, 2.24) is 36.8 Å². The fourth-order valence-electron chi connectivity index (χ4n) is 6.03. The first kappa shape index (κ1) is 55.3. The summed E-state index contributed by atoms with van der Waals surface area (Å²) in [6.07, 6.45) is -11.0. The molecule has 2 heterocycles. The molecule has 29 heteroatoms. The SMILES string of the molecule is CC(=O)NCSC[C@H](NC(=O)[C@@H]1CCCN1C(=O)[C@H](CC(N)=O)NC(=O)[C@H](CO[C@@H]1O[C@H](CO)[C@@H](O)[C@H](O)[C@H]1O)NC(=O)[C@H](CCC(=O)O)NC(=O)[C@@H](N)CSCNC(C)=O)C(=O)O. The number of rotatable bonds is 27. The molecule has 0 bridgehead atoms. The van der Waals surface area contributed by atoms with Gasteiger partial charge in [0, 0.05) is 38.3 Å². The molecule has 0 aromatic rings. The summed E-state index contributed by atoms with van der Waals surface area (Å²) < 4.78 is 10.8. The average molecular weight is 956 g/mol. The van der Waals surface area contributed by atoms with Gasteiger partial charge in [-0.05, 0) is 19.3 Å². The summed E-state index contributed by atoms with van der Waals surface area (Å²) >= 11 is 2.05. The summed E-state index contributed by atoms with van der Waals surface area (Å²) in [7, 11) is 0. The van der Waals surface area contributed by atoms with Gasteiger partial charge in [0.2, 0.25) is 47.3 Å². The number of likely N-dealkylation sites (tertiary alicyclic amines) is 1. The Bertz CT molecular complexity index is 1680. The molecule has 0 radical (unpaired) electrons. The Kier molecular flexibility index (Phi) is 23.7. The largest absolute Gasteiger partial charge is 0.481 e. The van der Waals surface area contributed by atoms with Gasteiger partial charge in [0.05, 0.1) is 37.4 Å². The van der Waals surface area contributed by atoms with Crippen LogP contribution in [0.15, 0.2) is 0 Å². The predicted molar refractivity (Wildman–Crippen MR) is 221 cm³/mol. The van der Waals surface area contributed by atoms with Crippen molar-refractivity contribution in [2.75, 3.05) is 43.0 Å². The van der Waals surface area contributed by atoms with E-state index in [4.69, 9.17) is 20.9 Å². The number of nitrogens with zero attached hydrogens (tertiary/aromatic N) is 1. The molecule has 362 valence electrons. The Morgan fingerprint density at radius 2 is 1.36 bits per heavy atom. The van der Waals surface area contributed by atoms with E-state index in [-0.39, 0.29) is 54.5 Å². The van der Waals surface area contributed by atoms with Crippen molar-refractivity contribution in [1.29, 1.82) is 0 Å². The summed E-state index contributed by atoms with van der Waals surface area (Å²) in [6.45, 7) is 0.555. The Labute approximate surface area is 374 Å². The lowest BCUT2D eigenvalue weighted by atomic mass is 9.99.